The third-order valence-corrected chi connectivity index (χ3v) is 3.11. The highest BCUT2D eigenvalue weighted by Crippen LogP contribution is 2.13. The lowest BCUT2D eigenvalue weighted by Crippen LogP contribution is -2.42. The van der Waals surface area contributed by atoms with Gasteiger partial charge in [-0.1, -0.05) is 13.8 Å². The highest BCUT2D eigenvalue weighted by Gasteiger charge is 2.22. The van der Waals surface area contributed by atoms with E-state index in [2.05, 4.69) is 5.32 Å². The third-order valence-electron chi connectivity index (χ3n) is 3.11. The molecular weight excluding hydrogens is 218 g/mol. The highest BCUT2D eigenvalue weighted by molar-refractivity contribution is 5.76. The van der Waals surface area contributed by atoms with Crippen molar-refractivity contribution in [1.29, 1.82) is 0 Å². The molecule has 4 heteroatoms. The molecule has 1 amide bonds. The Balaban J connectivity index is 2.26. The normalized spacial score (nSPS) is 11.5. The molecular formula is C13H21NO3. The molecule has 0 aliphatic heterocycles. The summed E-state index contributed by atoms with van der Waals surface area (Å²) in [5, 5.41) is 12.8. The van der Waals surface area contributed by atoms with E-state index < -0.39 is 5.60 Å². The molecule has 96 valence electrons. The molecule has 1 aromatic heterocycles. The molecule has 4 nitrogen and oxygen atoms in total. The van der Waals surface area contributed by atoms with Crippen LogP contribution in [-0.2, 0) is 11.2 Å². The van der Waals surface area contributed by atoms with Crippen molar-refractivity contribution < 1.29 is 14.3 Å². The van der Waals surface area contributed by atoms with Gasteiger partial charge in [0.15, 0.2) is 0 Å². The van der Waals surface area contributed by atoms with E-state index in [1.165, 1.54) is 0 Å². The maximum Gasteiger partial charge on any atom is 0.220 e. The second-order valence-electron chi connectivity index (χ2n) is 4.29. The second-order valence-corrected chi connectivity index (χ2v) is 4.29. The number of hydrogen-bond acceptors (Lipinski definition) is 3. The Morgan fingerprint density at radius 1 is 1.47 bits per heavy atom. The molecule has 1 rings (SSSR count). The lowest BCUT2D eigenvalue weighted by atomic mass is 9.97. The largest absolute Gasteiger partial charge is 0.469 e. The molecule has 0 fully saturated rings. The van der Waals surface area contributed by atoms with Gasteiger partial charge in [-0.25, -0.2) is 0 Å². The van der Waals surface area contributed by atoms with Crippen LogP contribution in [0.4, 0.5) is 0 Å². The summed E-state index contributed by atoms with van der Waals surface area (Å²) in [6, 6.07) is 3.65. The summed E-state index contributed by atoms with van der Waals surface area (Å²) in [7, 11) is 0. The fourth-order valence-electron chi connectivity index (χ4n) is 1.54. The van der Waals surface area contributed by atoms with Crippen LogP contribution in [0, 0.1) is 0 Å². The van der Waals surface area contributed by atoms with Crippen LogP contribution in [0.5, 0.6) is 0 Å². The van der Waals surface area contributed by atoms with Crippen LogP contribution in [0.1, 0.15) is 38.9 Å². The Labute approximate surface area is 102 Å². The van der Waals surface area contributed by atoms with Gasteiger partial charge in [-0.3, -0.25) is 4.79 Å². The summed E-state index contributed by atoms with van der Waals surface area (Å²) >= 11 is 0. The first-order valence-electron chi connectivity index (χ1n) is 6.11. The summed E-state index contributed by atoms with van der Waals surface area (Å²) in [5.74, 6) is 0.753. The van der Waals surface area contributed by atoms with Crippen molar-refractivity contribution in [2.24, 2.45) is 0 Å². The number of carbonyl (C=O) groups excluding carboxylic acids is 1. The summed E-state index contributed by atoms with van der Waals surface area (Å²) in [6.07, 6.45) is 3.86. The fourth-order valence-corrected chi connectivity index (χ4v) is 1.54. The first-order chi connectivity index (χ1) is 8.09. The summed E-state index contributed by atoms with van der Waals surface area (Å²) < 4.78 is 5.14. The van der Waals surface area contributed by atoms with Gasteiger partial charge in [-0.05, 0) is 25.0 Å². The monoisotopic (exact) mass is 239 g/mol. The average Bonchev–Trinajstić information content (AvgIpc) is 2.86. The summed E-state index contributed by atoms with van der Waals surface area (Å²) in [6.45, 7) is 4.15. The van der Waals surface area contributed by atoms with E-state index in [1.807, 2.05) is 19.9 Å². The molecule has 0 unspecified atom stereocenters. The summed E-state index contributed by atoms with van der Waals surface area (Å²) in [5.41, 5.74) is -0.777. The number of nitrogens with one attached hydrogen (secondary N) is 1. The van der Waals surface area contributed by atoms with Gasteiger partial charge >= 0.3 is 0 Å². The maximum absolute atomic E-state index is 11.6. The predicted molar refractivity (Wildman–Crippen MR) is 65.6 cm³/mol. The molecule has 0 radical (unpaired) electrons. The molecule has 0 atom stereocenters. The molecule has 1 heterocycles. The molecule has 0 saturated heterocycles. The first kappa shape index (κ1) is 13.8. The minimum absolute atomic E-state index is 0.0540. The quantitative estimate of drug-likeness (QED) is 0.763. The maximum atomic E-state index is 11.6. The Morgan fingerprint density at radius 2 is 2.18 bits per heavy atom. The van der Waals surface area contributed by atoms with Crippen LogP contribution in [0.15, 0.2) is 22.8 Å². The topological polar surface area (TPSA) is 62.5 Å². The Kier molecular flexibility index (Phi) is 5.22. The highest BCUT2D eigenvalue weighted by atomic mass is 16.3. The zero-order chi connectivity index (χ0) is 12.7. The van der Waals surface area contributed by atoms with E-state index in [0.717, 1.165) is 5.76 Å². The van der Waals surface area contributed by atoms with Crippen molar-refractivity contribution >= 4 is 5.91 Å². The van der Waals surface area contributed by atoms with E-state index in [0.29, 0.717) is 32.2 Å². The van der Waals surface area contributed by atoms with Crippen LogP contribution >= 0.6 is 0 Å². The lowest BCUT2D eigenvalue weighted by molar-refractivity contribution is -0.122. The van der Waals surface area contributed by atoms with Crippen LogP contribution in [-0.4, -0.2) is 23.2 Å². The van der Waals surface area contributed by atoms with E-state index in [9.17, 15) is 9.90 Å². The molecule has 1 aromatic rings. The second kappa shape index (κ2) is 6.45. The molecule has 0 saturated carbocycles. The number of carbonyl (C=O) groups is 1. The van der Waals surface area contributed by atoms with Gasteiger partial charge in [0.2, 0.25) is 5.91 Å². The molecule has 0 aliphatic carbocycles. The van der Waals surface area contributed by atoms with E-state index >= 15 is 0 Å². The third kappa shape index (κ3) is 4.61. The number of hydrogen-bond donors (Lipinski definition) is 2. The molecule has 0 bridgehead atoms. The Hall–Kier alpha value is -1.29. The van der Waals surface area contributed by atoms with Crippen LogP contribution in [0.3, 0.4) is 0 Å². The van der Waals surface area contributed by atoms with E-state index in [1.54, 1.807) is 12.3 Å². The van der Waals surface area contributed by atoms with E-state index in [-0.39, 0.29) is 5.91 Å². The van der Waals surface area contributed by atoms with Crippen LogP contribution < -0.4 is 5.32 Å². The van der Waals surface area contributed by atoms with Gasteiger partial charge in [0, 0.05) is 19.4 Å². The number of furan rings is 1. The van der Waals surface area contributed by atoms with Gasteiger partial charge in [0.25, 0.3) is 0 Å². The van der Waals surface area contributed by atoms with Gasteiger partial charge in [-0.15, -0.1) is 0 Å². The minimum atomic E-state index is -0.777. The Morgan fingerprint density at radius 3 is 2.71 bits per heavy atom. The van der Waals surface area contributed by atoms with Crippen LogP contribution in [0.2, 0.25) is 0 Å². The smallest absolute Gasteiger partial charge is 0.220 e. The van der Waals surface area contributed by atoms with Crippen molar-refractivity contribution in [2.45, 2.75) is 45.1 Å². The van der Waals surface area contributed by atoms with Crippen molar-refractivity contribution in [1.82, 2.24) is 5.32 Å². The molecule has 0 aliphatic rings. The van der Waals surface area contributed by atoms with E-state index in [4.69, 9.17) is 4.42 Å². The number of amides is 1. The zero-order valence-corrected chi connectivity index (χ0v) is 10.5. The predicted octanol–water partition coefficient (Wildman–Crippen LogP) is 1.88. The van der Waals surface area contributed by atoms with Crippen molar-refractivity contribution in [3.05, 3.63) is 24.2 Å². The molecule has 2 N–H and O–H groups in total. The molecule has 0 aromatic carbocycles. The minimum Gasteiger partial charge on any atom is -0.469 e. The van der Waals surface area contributed by atoms with Crippen molar-refractivity contribution in [3.63, 3.8) is 0 Å². The van der Waals surface area contributed by atoms with Gasteiger partial charge in [0.05, 0.1) is 11.9 Å². The SMILES string of the molecule is CCC(O)(CC)CNC(=O)CCc1ccco1. The summed E-state index contributed by atoms with van der Waals surface area (Å²) in [4.78, 5) is 11.6. The van der Waals surface area contributed by atoms with Gasteiger partial charge in [0.1, 0.15) is 5.76 Å². The number of rotatable bonds is 7. The van der Waals surface area contributed by atoms with Gasteiger partial charge < -0.3 is 14.8 Å². The molecule has 17 heavy (non-hydrogen) atoms. The van der Waals surface area contributed by atoms with Gasteiger partial charge in [-0.2, -0.15) is 0 Å². The lowest BCUT2D eigenvalue weighted by Gasteiger charge is -2.25. The van der Waals surface area contributed by atoms with Crippen molar-refractivity contribution in [3.8, 4) is 0 Å². The standard InChI is InChI=1S/C13H21NO3/c1-3-13(16,4-2)10-14-12(15)8-7-11-6-5-9-17-11/h5-6,9,16H,3-4,7-8,10H2,1-2H3,(H,14,15). The zero-order valence-electron chi connectivity index (χ0n) is 10.5. The molecule has 0 spiro atoms. The van der Waals surface area contributed by atoms with Crippen LogP contribution in [0.25, 0.3) is 0 Å². The fraction of sp³-hybridized carbons (Fsp3) is 0.615. The first-order valence-corrected chi connectivity index (χ1v) is 6.11. The number of aryl methyl sites for hydroxylation is 1. The Bertz CT molecular complexity index is 328. The average molecular weight is 239 g/mol. The van der Waals surface area contributed by atoms with Crippen molar-refractivity contribution in [2.75, 3.05) is 6.54 Å². The number of aliphatic hydroxyl groups is 1.